The van der Waals surface area contributed by atoms with Gasteiger partial charge in [0.1, 0.15) is 22.7 Å². The number of alkyl halides is 6. The number of furan rings is 2. The normalized spacial score (nSPS) is 11.7. The van der Waals surface area contributed by atoms with Gasteiger partial charge in [0, 0.05) is 52.6 Å². The van der Waals surface area contributed by atoms with Gasteiger partial charge in [-0.3, -0.25) is 4.79 Å². The minimum atomic E-state index is -4.40. The van der Waals surface area contributed by atoms with Gasteiger partial charge >= 0.3 is 18.3 Å². The third-order valence-corrected chi connectivity index (χ3v) is 11.4. The van der Waals surface area contributed by atoms with Gasteiger partial charge in [0.05, 0.1) is 16.7 Å². The SMILES string of the molecule is CSCCNC(=O)c1cccc(-c2cccc3c(C)c(Cc4cccc(C(F)(F)F)c4)oc23)c1.Cc1c(Cc2cccc(C(F)(F)F)c2)oc2c(-c3cccc(C(=O)O)c3)cccc12. The van der Waals surface area contributed by atoms with Crippen molar-refractivity contribution in [1.82, 2.24) is 5.32 Å². The molecule has 0 aliphatic carbocycles. The molecule has 0 aliphatic rings. The Morgan fingerprint density at radius 3 is 1.48 bits per heavy atom. The number of carboxylic acid groups (broad SMARTS) is 1. The van der Waals surface area contributed by atoms with E-state index >= 15 is 0 Å². The number of carboxylic acids is 1. The molecule has 2 N–H and O–H groups in total. The van der Waals surface area contributed by atoms with E-state index in [1.54, 1.807) is 48.2 Å². The second-order valence-corrected chi connectivity index (χ2v) is 16.1. The Morgan fingerprint density at radius 1 is 0.594 bits per heavy atom. The number of halogens is 6. The van der Waals surface area contributed by atoms with Crippen molar-refractivity contribution in [3.05, 3.63) is 189 Å². The Morgan fingerprint density at radius 2 is 1.03 bits per heavy atom. The monoisotopic (exact) mass is 893 g/mol. The van der Waals surface area contributed by atoms with E-state index in [2.05, 4.69) is 5.32 Å². The molecule has 0 radical (unpaired) electrons. The summed E-state index contributed by atoms with van der Waals surface area (Å²) >= 11 is 1.66. The topological polar surface area (TPSA) is 92.7 Å². The second kappa shape index (κ2) is 18.9. The van der Waals surface area contributed by atoms with Crippen molar-refractivity contribution in [1.29, 1.82) is 0 Å². The summed E-state index contributed by atoms with van der Waals surface area (Å²) in [7, 11) is 0. The van der Waals surface area contributed by atoms with Crippen LogP contribution in [0.3, 0.4) is 0 Å². The molecule has 2 heterocycles. The summed E-state index contributed by atoms with van der Waals surface area (Å²) in [6.45, 7) is 4.37. The number of hydrogen-bond donors (Lipinski definition) is 2. The number of aryl methyl sites for hydroxylation is 2. The molecule has 8 rings (SSSR count). The van der Waals surface area contributed by atoms with Crippen LogP contribution in [-0.4, -0.2) is 35.5 Å². The first-order valence-corrected chi connectivity index (χ1v) is 21.5. The number of fused-ring (bicyclic) bond motifs is 2. The van der Waals surface area contributed by atoms with Crippen molar-refractivity contribution >= 4 is 45.6 Å². The Kier molecular flexibility index (Phi) is 13.4. The van der Waals surface area contributed by atoms with E-state index in [-0.39, 0.29) is 24.3 Å². The predicted octanol–water partition coefficient (Wildman–Crippen LogP) is 13.8. The van der Waals surface area contributed by atoms with Gasteiger partial charge < -0.3 is 19.3 Å². The number of amides is 1. The third-order valence-electron chi connectivity index (χ3n) is 10.8. The van der Waals surface area contributed by atoms with E-state index in [4.69, 9.17) is 8.83 Å². The van der Waals surface area contributed by atoms with E-state index in [0.29, 0.717) is 51.5 Å². The summed E-state index contributed by atoms with van der Waals surface area (Å²) in [6, 6.07) is 35.7. The van der Waals surface area contributed by atoms with Crippen LogP contribution in [0.25, 0.3) is 44.2 Å². The van der Waals surface area contributed by atoms with Crippen LogP contribution in [-0.2, 0) is 25.2 Å². The molecule has 0 saturated heterocycles. The summed E-state index contributed by atoms with van der Waals surface area (Å²) < 4.78 is 90.7. The van der Waals surface area contributed by atoms with Crippen LogP contribution in [0, 0.1) is 13.8 Å². The molecule has 6 nitrogen and oxygen atoms in total. The molecular weight excluding hydrogens is 853 g/mol. The van der Waals surface area contributed by atoms with Gasteiger partial charge in [0.2, 0.25) is 0 Å². The average molecular weight is 894 g/mol. The summed E-state index contributed by atoms with van der Waals surface area (Å²) in [5.41, 5.74) is 6.45. The first kappa shape index (κ1) is 45.3. The van der Waals surface area contributed by atoms with Crippen molar-refractivity contribution in [2.75, 3.05) is 18.6 Å². The lowest BCUT2D eigenvalue weighted by molar-refractivity contribution is -0.138. The van der Waals surface area contributed by atoms with Gasteiger partial charge in [0.25, 0.3) is 5.91 Å². The van der Waals surface area contributed by atoms with Gasteiger partial charge in [-0.05, 0) is 89.9 Å². The van der Waals surface area contributed by atoms with Crippen LogP contribution in [0.1, 0.15) is 65.6 Å². The number of thioether (sulfide) groups is 1. The van der Waals surface area contributed by atoms with Crippen LogP contribution < -0.4 is 5.32 Å². The molecule has 6 aromatic carbocycles. The van der Waals surface area contributed by atoms with Crippen LogP contribution in [0.15, 0.2) is 142 Å². The van der Waals surface area contributed by atoms with Gasteiger partial charge in [-0.2, -0.15) is 38.1 Å². The van der Waals surface area contributed by atoms with E-state index in [9.17, 15) is 41.0 Å². The van der Waals surface area contributed by atoms with Gasteiger partial charge in [-0.1, -0.05) is 97.1 Å². The summed E-state index contributed by atoms with van der Waals surface area (Å²) in [5.74, 6) is 0.873. The molecule has 0 spiro atoms. The fourth-order valence-corrected chi connectivity index (χ4v) is 7.79. The quantitative estimate of drug-likeness (QED) is 0.0992. The summed E-state index contributed by atoms with van der Waals surface area (Å²) in [6.07, 6.45) is -6.33. The molecule has 0 atom stereocenters. The van der Waals surface area contributed by atoms with E-state index in [1.807, 2.05) is 74.7 Å². The molecule has 0 saturated carbocycles. The number of carbonyl (C=O) groups excluding carboxylic acids is 1. The van der Waals surface area contributed by atoms with Crippen LogP contribution in [0.5, 0.6) is 0 Å². The van der Waals surface area contributed by atoms with E-state index < -0.39 is 29.4 Å². The lowest BCUT2D eigenvalue weighted by Crippen LogP contribution is -2.25. The smallest absolute Gasteiger partial charge is 0.416 e. The van der Waals surface area contributed by atoms with E-state index in [1.165, 1.54) is 18.2 Å². The Balaban J connectivity index is 0.000000193. The molecule has 328 valence electrons. The number of aromatic carboxylic acids is 1. The zero-order valence-electron chi connectivity index (χ0n) is 34.8. The zero-order chi connectivity index (χ0) is 45.8. The first-order chi connectivity index (χ1) is 30.5. The number of carbonyl (C=O) groups is 2. The second-order valence-electron chi connectivity index (χ2n) is 15.1. The molecule has 0 fully saturated rings. The zero-order valence-corrected chi connectivity index (χ0v) is 35.6. The Labute approximate surface area is 368 Å². The molecule has 1 amide bonds. The highest BCUT2D eigenvalue weighted by atomic mass is 32.2. The minimum Gasteiger partial charge on any atom is -0.478 e. The molecule has 0 unspecified atom stereocenters. The maximum absolute atomic E-state index is 13.1. The Hall–Kier alpha value is -6.73. The molecule has 13 heteroatoms. The fourth-order valence-electron chi connectivity index (χ4n) is 7.48. The van der Waals surface area contributed by atoms with Crippen molar-refractivity contribution in [2.45, 2.75) is 39.0 Å². The number of nitrogens with one attached hydrogen (secondary N) is 1. The first-order valence-electron chi connectivity index (χ1n) is 20.1. The van der Waals surface area contributed by atoms with Gasteiger partial charge in [-0.15, -0.1) is 0 Å². The van der Waals surface area contributed by atoms with Crippen LogP contribution in [0.2, 0.25) is 0 Å². The van der Waals surface area contributed by atoms with Gasteiger partial charge in [-0.25, -0.2) is 4.79 Å². The maximum Gasteiger partial charge on any atom is 0.416 e. The van der Waals surface area contributed by atoms with Crippen molar-refractivity contribution in [3.8, 4) is 22.3 Å². The number of benzene rings is 6. The van der Waals surface area contributed by atoms with E-state index in [0.717, 1.165) is 68.6 Å². The highest BCUT2D eigenvalue weighted by Crippen LogP contribution is 2.38. The van der Waals surface area contributed by atoms with Crippen molar-refractivity contribution < 1.29 is 49.9 Å². The lowest BCUT2D eigenvalue weighted by atomic mass is 9.99. The summed E-state index contributed by atoms with van der Waals surface area (Å²) in [4.78, 5) is 23.8. The van der Waals surface area contributed by atoms with Crippen LogP contribution >= 0.6 is 11.8 Å². The number of hydrogen-bond acceptors (Lipinski definition) is 5. The minimum absolute atomic E-state index is 0.135. The maximum atomic E-state index is 13.1. The molecule has 8 aromatic rings. The molecule has 0 bridgehead atoms. The average Bonchev–Trinajstić information content (AvgIpc) is 3.77. The van der Waals surface area contributed by atoms with Gasteiger partial charge in [0.15, 0.2) is 0 Å². The predicted molar refractivity (Wildman–Crippen MR) is 239 cm³/mol. The van der Waals surface area contributed by atoms with Crippen molar-refractivity contribution in [3.63, 3.8) is 0 Å². The van der Waals surface area contributed by atoms with Crippen LogP contribution in [0.4, 0.5) is 26.3 Å². The largest absolute Gasteiger partial charge is 0.478 e. The highest BCUT2D eigenvalue weighted by molar-refractivity contribution is 7.98. The van der Waals surface area contributed by atoms with Crippen molar-refractivity contribution in [2.24, 2.45) is 0 Å². The summed E-state index contributed by atoms with van der Waals surface area (Å²) in [5, 5.41) is 13.9. The molecule has 64 heavy (non-hydrogen) atoms. The molecular formula is C51H41F6NO5S. The fraction of sp³-hybridized carbons (Fsp3) is 0.176. The lowest BCUT2D eigenvalue weighted by Gasteiger charge is -2.08. The third kappa shape index (κ3) is 10.2. The number of rotatable bonds is 11. The standard InChI is InChI=1S/C27H24F3NO2S.C24H17F3O3/c1-17-22-10-5-11-23(19-7-4-8-20(16-19)26(32)31-12-13-34-2)25(22)33-24(17)15-18-6-3-9-21(14-18)27(28,29)30;1-14-19-9-4-10-20(16-6-3-7-17(13-16)23(28)29)22(19)30-21(14)12-15-5-2-8-18(11-15)24(25,26)27/h3-11,14,16H,12-13,15H2,1-2H3,(H,31,32);2-11,13H,12H2,1H3,(H,28,29). The molecule has 0 aliphatic heterocycles. The highest BCUT2D eigenvalue weighted by Gasteiger charge is 2.31. The number of para-hydroxylation sites is 2. The molecule has 2 aromatic heterocycles. The Bertz CT molecular complexity index is 2980.